The van der Waals surface area contributed by atoms with Gasteiger partial charge < -0.3 is 10.1 Å². The lowest BCUT2D eigenvalue weighted by molar-refractivity contribution is 0.0807. The molecule has 0 spiro atoms. The Hall–Kier alpha value is 0.210. The van der Waals surface area contributed by atoms with Crippen LogP contribution in [0.3, 0.4) is 0 Å². The van der Waals surface area contributed by atoms with E-state index in [2.05, 4.69) is 33.0 Å². The predicted molar refractivity (Wildman–Crippen MR) is 67.7 cm³/mol. The lowest BCUT2D eigenvalue weighted by atomic mass is 9.99. The van der Waals surface area contributed by atoms with E-state index in [1.54, 1.807) is 0 Å². The SMILES string of the molecule is CCC(CC)C(Cl)CNCCOC(C)C. The van der Waals surface area contributed by atoms with E-state index in [1.165, 1.54) is 0 Å². The van der Waals surface area contributed by atoms with Gasteiger partial charge in [-0.2, -0.15) is 0 Å². The molecule has 3 heteroatoms. The third-order valence-corrected chi connectivity index (χ3v) is 3.14. The van der Waals surface area contributed by atoms with Crippen LogP contribution < -0.4 is 5.32 Å². The van der Waals surface area contributed by atoms with E-state index in [0.29, 0.717) is 12.0 Å². The fourth-order valence-corrected chi connectivity index (χ4v) is 2.04. The fraction of sp³-hybridized carbons (Fsp3) is 1.00. The summed E-state index contributed by atoms with van der Waals surface area (Å²) >= 11 is 6.29. The number of halogens is 1. The van der Waals surface area contributed by atoms with E-state index in [1.807, 2.05) is 0 Å². The summed E-state index contributed by atoms with van der Waals surface area (Å²) in [4.78, 5) is 0. The van der Waals surface area contributed by atoms with Crippen molar-refractivity contribution in [2.45, 2.75) is 52.0 Å². The first-order valence-corrected chi connectivity index (χ1v) is 6.51. The van der Waals surface area contributed by atoms with Crippen molar-refractivity contribution in [2.75, 3.05) is 19.7 Å². The van der Waals surface area contributed by atoms with Crippen molar-refractivity contribution in [3.63, 3.8) is 0 Å². The predicted octanol–water partition coefficient (Wildman–Crippen LogP) is 3.04. The number of alkyl halides is 1. The van der Waals surface area contributed by atoms with Gasteiger partial charge in [0.2, 0.25) is 0 Å². The van der Waals surface area contributed by atoms with Crippen molar-refractivity contribution in [3.05, 3.63) is 0 Å². The van der Waals surface area contributed by atoms with Crippen LogP contribution in [-0.4, -0.2) is 31.2 Å². The van der Waals surface area contributed by atoms with E-state index in [0.717, 1.165) is 32.5 Å². The highest BCUT2D eigenvalue weighted by Crippen LogP contribution is 2.17. The molecule has 0 aromatic heterocycles. The summed E-state index contributed by atoms with van der Waals surface area (Å²) in [6.45, 7) is 11.0. The van der Waals surface area contributed by atoms with Gasteiger partial charge in [0.1, 0.15) is 0 Å². The molecule has 0 fully saturated rings. The molecule has 0 aliphatic heterocycles. The van der Waals surface area contributed by atoms with Gasteiger partial charge in [0.25, 0.3) is 0 Å². The summed E-state index contributed by atoms with van der Waals surface area (Å²) < 4.78 is 5.43. The van der Waals surface area contributed by atoms with E-state index in [-0.39, 0.29) is 5.38 Å². The van der Waals surface area contributed by atoms with Crippen molar-refractivity contribution < 1.29 is 4.74 Å². The number of ether oxygens (including phenoxy) is 1. The Morgan fingerprint density at radius 1 is 1.20 bits per heavy atom. The minimum absolute atomic E-state index is 0.249. The van der Waals surface area contributed by atoms with Crippen LogP contribution in [0.2, 0.25) is 0 Å². The number of hydrogen-bond donors (Lipinski definition) is 1. The van der Waals surface area contributed by atoms with Crippen LogP contribution in [-0.2, 0) is 4.74 Å². The Labute approximate surface area is 99.7 Å². The second-order valence-electron chi connectivity index (χ2n) is 4.22. The van der Waals surface area contributed by atoms with Crippen LogP contribution in [0.5, 0.6) is 0 Å². The van der Waals surface area contributed by atoms with E-state index >= 15 is 0 Å². The molecule has 0 saturated heterocycles. The maximum absolute atomic E-state index is 6.29. The number of rotatable bonds is 9. The average Bonchev–Trinajstić information content (AvgIpc) is 2.18. The normalized spacial score (nSPS) is 13.8. The standard InChI is InChI=1S/C12H26ClNO/c1-5-11(6-2)12(13)9-14-7-8-15-10(3)4/h10-12,14H,5-9H2,1-4H3. The molecule has 0 aromatic rings. The zero-order valence-electron chi connectivity index (χ0n) is 10.6. The quantitative estimate of drug-likeness (QED) is 0.490. The van der Waals surface area contributed by atoms with Gasteiger partial charge >= 0.3 is 0 Å². The topological polar surface area (TPSA) is 21.3 Å². The molecule has 1 atom stereocenters. The Morgan fingerprint density at radius 2 is 1.80 bits per heavy atom. The van der Waals surface area contributed by atoms with Gasteiger partial charge in [-0.15, -0.1) is 11.6 Å². The minimum Gasteiger partial charge on any atom is -0.377 e. The van der Waals surface area contributed by atoms with Crippen molar-refractivity contribution in [3.8, 4) is 0 Å². The first-order valence-electron chi connectivity index (χ1n) is 6.08. The monoisotopic (exact) mass is 235 g/mol. The van der Waals surface area contributed by atoms with Crippen LogP contribution in [0.25, 0.3) is 0 Å². The summed E-state index contributed by atoms with van der Waals surface area (Å²) in [6, 6.07) is 0. The third kappa shape index (κ3) is 8.06. The second kappa shape index (κ2) is 9.44. The maximum Gasteiger partial charge on any atom is 0.0594 e. The lowest BCUT2D eigenvalue weighted by Gasteiger charge is -2.19. The second-order valence-corrected chi connectivity index (χ2v) is 4.78. The molecule has 0 aliphatic rings. The number of hydrogen-bond acceptors (Lipinski definition) is 2. The van der Waals surface area contributed by atoms with Crippen molar-refractivity contribution in [2.24, 2.45) is 5.92 Å². The van der Waals surface area contributed by atoms with E-state index in [4.69, 9.17) is 16.3 Å². The van der Waals surface area contributed by atoms with Crippen molar-refractivity contribution in [1.82, 2.24) is 5.32 Å². The molecule has 2 nitrogen and oxygen atoms in total. The molecule has 15 heavy (non-hydrogen) atoms. The molecule has 1 N–H and O–H groups in total. The van der Waals surface area contributed by atoms with Crippen LogP contribution in [0.1, 0.15) is 40.5 Å². The Balaban J connectivity index is 3.41. The fourth-order valence-electron chi connectivity index (χ4n) is 1.57. The molecule has 1 unspecified atom stereocenters. The van der Waals surface area contributed by atoms with Gasteiger partial charge in [-0.05, 0) is 19.8 Å². The molecule has 0 heterocycles. The van der Waals surface area contributed by atoms with Crippen LogP contribution >= 0.6 is 11.6 Å². The summed E-state index contributed by atoms with van der Waals surface area (Å²) in [5.41, 5.74) is 0. The minimum atomic E-state index is 0.249. The first kappa shape index (κ1) is 15.2. The highest BCUT2D eigenvalue weighted by molar-refractivity contribution is 6.21. The zero-order chi connectivity index (χ0) is 11.7. The molecular formula is C12H26ClNO. The van der Waals surface area contributed by atoms with Crippen LogP contribution in [0.4, 0.5) is 0 Å². The average molecular weight is 236 g/mol. The Bertz CT molecular complexity index is 138. The van der Waals surface area contributed by atoms with E-state index in [9.17, 15) is 0 Å². The molecule has 0 radical (unpaired) electrons. The van der Waals surface area contributed by atoms with Crippen LogP contribution in [0, 0.1) is 5.92 Å². The van der Waals surface area contributed by atoms with Gasteiger partial charge in [0.05, 0.1) is 12.7 Å². The molecule has 0 amide bonds. The Kier molecular flexibility index (Phi) is 9.57. The summed E-state index contributed by atoms with van der Waals surface area (Å²) in [5.74, 6) is 0.630. The lowest BCUT2D eigenvalue weighted by Crippen LogP contribution is -2.31. The molecule has 92 valence electrons. The highest BCUT2D eigenvalue weighted by Gasteiger charge is 2.14. The summed E-state index contributed by atoms with van der Waals surface area (Å²) in [7, 11) is 0. The molecule has 0 aliphatic carbocycles. The molecule has 0 saturated carbocycles. The molecule has 0 bridgehead atoms. The molecule has 0 aromatic carbocycles. The zero-order valence-corrected chi connectivity index (χ0v) is 11.3. The van der Waals surface area contributed by atoms with Gasteiger partial charge in [-0.25, -0.2) is 0 Å². The van der Waals surface area contributed by atoms with Gasteiger partial charge in [0, 0.05) is 18.5 Å². The van der Waals surface area contributed by atoms with E-state index < -0.39 is 0 Å². The number of nitrogens with one attached hydrogen (secondary N) is 1. The van der Waals surface area contributed by atoms with Crippen LogP contribution in [0.15, 0.2) is 0 Å². The van der Waals surface area contributed by atoms with Gasteiger partial charge in [0.15, 0.2) is 0 Å². The van der Waals surface area contributed by atoms with Gasteiger partial charge in [-0.1, -0.05) is 26.7 Å². The summed E-state index contributed by atoms with van der Waals surface area (Å²) in [6.07, 6.45) is 2.64. The van der Waals surface area contributed by atoms with Crippen molar-refractivity contribution in [1.29, 1.82) is 0 Å². The maximum atomic E-state index is 6.29. The van der Waals surface area contributed by atoms with Gasteiger partial charge in [-0.3, -0.25) is 0 Å². The molecule has 0 rings (SSSR count). The summed E-state index contributed by atoms with van der Waals surface area (Å²) in [5, 5.41) is 3.58. The highest BCUT2D eigenvalue weighted by atomic mass is 35.5. The smallest absolute Gasteiger partial charge is 0.0594 e. The Morgan fingerprint density at radius 3 is 2.27 bits per heavy atom. The first-order chi connectivity index (χ1) is 7.11. The third-order valence-electron chi connectivity index (χ3n) is 2.63. The van der Waals surface area contributed by atoms with Crippen molar-refractivity contribution >= 4 is 11.6 Å². The largest absolute Gasteiger partial charge is 0.377 e. The molecular weight excluding hydrogens is 210 g/mol.